The lowest BCUT2D eigenvalue weighted by Crippen LogP contribution is -2.25. The van der Waals surface area contributed by atoms with E-state index in [1.807, 2.05) is 0 Å². The molecule has 0 saturated heterocycles. The van der Waals surface area contributed by atoms with Crippen LogP contribution in [-0.2, 0) is 12.7 Å². The zero-order valence-electron chi connectivity index (χ0n) is 13.0. The van der Waals surface area contributed by atoms with Gasteiger partial charge in [0.15, 0.2) is 0 Å². The van der Waals surface area contributed by atoms with Crippen LogP contribution in [-0.4, -0.2) is 30.8 Å². The summed E-state index contributed by atoms with van der Waals surface area (Å²) in [6, 6.07) is 7.45. The summed E-state index contributed by atoms with van der Waals surface area (Å²) in [6.45, 7) is -0.0180. The molecule has 0 saturated carbocycles. The fourth-order valence-electron chi connectivity index (χ4n) is 2.06. The van der Waals surface area contributed by atoms with Gasteiger partial charge in [-0.25, -0.2) is 0 Å². The molecular formula is C16H15F3N2O3. The van der Waals surface area contributed by atoms with Gasteiger partial charge in [-0.05, 0) is 23.8 Å². The van der Waals surface area contributed by atoms with Crippen LogP contribution in [0.1, 0.15) is 32.0 Å². The quantitative estimate of drug-likeness (QED) is 0.931. The van der Waals surface area contributed by atoms with E-state index in [0.29, 0.717) is 11.1 Å². The van der Waals surface area contributed by atoms with E-state index >= 15 is 0 Å². The molecule has 1 aromatic carbocycles. The van der Waals surface area contributed by atoms with Crippen molar-refractivity contribution in [3.8, 4) is 0 Å². The summed E-state index contributed by atoms with van der Waals surface area (Å²) >= 11 is 0. The fraction of sp³-hybridized carbons (Fsp3) is 0.250. The first-order valence-electron chi connectivity index (χ1n) is 6.93. The zero-order chi connectivity index (χ0) is 17.9. The Morgan fingerprint density at radius 3 is 2.54 bits per heavy atom. The predicted octanol–water partition coefficient (Wildman–Crippen LogP) is 2.93. The number of hydrogen-bond acceptors (Lipinski definition) is 3. The molecule has 1 N–H and O–H groups in total. The average Bonchev–Trinajstić information content (AvgIpc) is 3.02. The molecule has 0 aliphatic rings. The van der Waals surface area contributed by atoms with E-state index in [9.17, 15) is 22.8 Å². The van der Waals surface area contributed by atoms with Crippen molar-refractivity contribution in [1.29, 1.82) is 0 Å². The third kappa shape index (κ3) is 3.95. The molecule has 0 radical (unpaired) electrons. The number of alkyl halides is 3. The summed E-state index contributed by atoms with van der Waals surface area (Å²) in [5, 5.41) is 2.39. The van der Waals surface area contributed by atoms with Gasteiger partial charge in [-0.3, -0.25) is 9.59 Å². The molecule has 0 bridgehead atoms. The van der Waals surface area contributed by atoms with Gasteiger partial charge in [-0.1, -0.05) is 12.1 Å². The van der Waals surface area contributed by atoms with Crippen molar-refractivity contribution in [3.05, 3.63) is 59.0 Å². The highest BCUT2D eigenvalue weighted by Crippen LogP contribution is 2.32. The van der Waals surface area contributed by atoms with Crippen molar-refractivity contribution in [2.75, 3.05) is 14.1 Å². The molecule has 24 heavy (non-hydrogen) atoms. The normalized spacial score (nSPS) is 11.2. The molecule has 2 aromatic rings. The smallest absolute Gasteiger partial charge is 0.450 e. The molecule has 0 aliphatic heterocycles. The van der Waals surface area contributed by atoms with Crippen molar-refractivity contribution in [2.24, 2.45) is 0 Å². The summed E-state index contributed by atoms with van der Waals surface area (Å²) < 4.78 is 42.5. The van der Waals surface area contributed by atoms with Crippen molar-refractivity contribution < 1.29 is 27.2 Å². The molecule has 0 unspecified atom stereocenters. The zero-order valence-corrected chi connectivity index (χ0v) is 13.0. The largest absolute Gasteiger partial charge is 0.459 e. The minimum absolute atomic E-state index is 0.0180. The van der Waals surface area contributed by atoms with Crippen LogP contribution in [0.25, 0.3) is 0 Å². The standard InChI is InChI=1S/C16H15F3N2O3/c1-21(2)15(23)11-5-3-4-10(8-11)9-20-14(22)12-6-7-24-13(12)16(17,18)19/h3-8H,9H2,1-2H3,(H,20,22). The van der Waals surface area contributed by atoms with Gasteiger partial charge in [0.05, 0.1) is 11.8 Å². The van der Waals surface area contributed by atoms with Crippen LogP contribution in [0.3, 0.4) is 0 Å². The maximum atomic E-state index is 12.7. The topological polar surface area (TPSA) is 62.6 Å². The number of furan rings is 1. The summed E-state index contributed by atoms with van der Waals surface area (Å²) in [6.07, 6.45) is -3.93. The molecule has 2 rings (SSSR count). The molecule has 0 fully saturated rings. The van der Waals surface area contributed by atoms with Crippen LogP contribution in [0.15, 0.2) is 41.0 Å². The van der Waals surface area contributed by atoms with Gasteiger partial charge in [0.1, 0.15) is 0 Å². The number of nitrogens with zero attached hydrogens (tertiary/aromatic N) is 1. The number of carbonyl (C=O) groups excluding carboxylic acids is 2. The number of halogens is 3. The van der Waals surface area contributed by atoms with Crippen LogP contribution in [0.5, 0.6) is 0 Å². The van der Waals surface area contributed by atoms with Gasteiger partial charge in [-0.15, -0.1) is 0 Å². The number of amides is 2. The molecular weight excluding hydrogens is 325 g/mol. The third-order valence-electron chi connectivity index (χ3n) is 3.20. The van der Waals surface area contributed by atoms with E-state index in [1.54, 1.807) is 38.4 Å². The van der Waals surface area contributed by atoms with Crippen molar-refractivity contribution in [1.82, 2.24) is 10.2 Å². The average molecular weight is 340 g/mol. The van der Waals surface area contributed by atoms with Gasteiger partial charge >= 0.3 is 6.18 Å². The number of nitrogens with one attached hydrogen (secondary N) is 1. The minimum Gasteiger partial charge on any atom is -0.459 e. The summed E-state index contributed by atoms with van der Waals surface area (Å²) in [7, 11) is 3.21. The highest BCUT2D eigenvalue weighted by atomic mass is 19.4. The molecule has 5 nitrogen and oxygen atoms in total. The minimum atomic E-state index is -4.74. The number of rotatable bonds is 4. The fourth-order valence-corrected chi connectivity index (χ4v) is 2.06. The number of carbonyl (C=O) groups is 2. The van der Waals surface area contributed by atoms with Crippen LogP contribution < -0.4 is 5.32 Å². The lowest BCUT2D eigenvalue weighted by atomic mass is 10.1. The summed E-state index contributed by atoms with van der Waals surface area (Å²) in [5.41, 5.74) is 0.433. The van der Waals surface area contributed by atoms with Crippen LogP contribution in [0.2, 0.25) is 0 Å². The second-order valence-electron chi connectivity index (χ2n) is 5.24. The monoisotopic (exact) mass is 340 g/mol. The Balaban J connectivity index is 2.09. The summed E-state index contributed by atoms with van der Waals surface area (Å²) in [5.74, 6) is -2.45. The van der Waals surface area contributed by atoms with Gasteiger partial charge in [0.2, 0.25) is 5.76 Å². The van der Waals surface area contributed by atoms with Crippen molar-refractivity contribution in [3.63, 3.8) is 0 Å². The van der Waals surface area contributed by atoms with Gasteiger partial charge < -0.3 is 14.6 Å². The number of benzene rings is 1. The van der Waals surface area contributed by atoms with Crippen molar-refractivity contribution in [2.45, 2.75) is 12.7 Å². The Morgan fingerprint density at radius 2 is 1.92 bits per heavy atom. The van der Waals surface area contributed by atoms with Crippen LogP contribution in [0, 0.1) is 0 Å². The van der Waals surface area contributed by atoms with Gasteiger partial charge in [0.25, 0.3) is 11.8 Å². The van der Waals surface area contributed by atoms with Crippen molar-refractivity contribution >= 4 is 11.8 Å². The first kappa shape index (κ1) is 17.6. The lowest BCUT2D eigenvalue weighted by Gasteiger charge is -2.12. The molecule has 0 aliphatic carbocycles. The van der Waals surface area contributed by atoms with E-state index in [2.05, 4.69) is 9.73 Å². The maximum Gasteiger partial charge on any atom is 0.450 e. The van der Waals surface area contributed by atoms with Crippen LogP contribution >= 0.6 is 0 Å². The van der Waals surface area contributed by atoms with E-state index < -0.39 is 23.4 Å². The summed E-state index contributed by atoms with van der Waals surface area (Å²) in [4.78, 5) is 25.2. The van der Waals surface area contributed by atoms with E-state index in [4.69, 9.17) is 0 Å². The van der Waals surface area contributed by atoms with Gasteiger partial charge in [0, 0.05) is 26.2 Å². The highest BCUT2D eigenvalue weighted by Gasteiger charge is 2.39. The second-order valence-corrected chi connectivity index (χ2v) is 5.24. The predicted molar refractivity (Wildman–Crippen MR) is 79.3 cm³/mol. The van der Waals surface area contributed by atoms with Crippen LogP contribution in [0.4, 0.5) is 13.2 Å². The molecule has 128 valence electrons. The molecule has 0 atom stereocenters. The Kier molecular flexibility index (Phi) is 4.96. The third-order valence-corrected chi connectivity index (χ3v) is 3.20. The Labute approximate surface area is 136 Å². The Morgan fingerprint density at radius 1 is 1.21 bits per heavy atom. The lowest BCUT2D eigenvalue weighted by molar-refractivity contribution is -0.153. The SMILES string of the molecule is CN(C)C(=O)c1cccc(CNC(=O)c2ccoc2C(F)(F)F)c1. The Hall–Kier alpha value is -2.77. The first-order valence-corrected chi connectivity index (χ1v) is 6.93. The Bertz CT molecular complexity index is 751. The molecule has 2 amide bonds. The number of hydrogen-bond donors (Lipinski definition) is 1. The molecule has 1 aromatic heterocycles. The molecule has 1 heterocycles. The van der Waals surface area contributed by atoms with E-state index in [-0.39, 0.29) is 12.5 Å². The molecule has 0 spiro atoms. The van der Waals surface area contributed by atoms with E-state index in [1.165, 1.54) is 4.90 Å². The van der Waals surface area contributed by atoms with Gasteiger partial charge in [-0.2, -0.15) is 13.2 Å². The highest BCUT2D eigenvalue weighted by molar-refractivity contribution is 5.95. The van der Waals surface area contributed by atoms with E-state index in [0.717, 1.165) is 12.3 Å². The maximum absolute atomic E-state index is 12.7. The second kappa shape index (κ2) is 6.77. The first-order chi connectivity index (χ1) is 11.2. The molecule has 8 heteroatoms.